The average molecular weight is 236 g/mol. The molecule has 0 spiro atoms. The SMILES string of the molecule is CCCC(C)N(C)c1nc(C)cc(C)c1CO. The van der Waals surface area contributed by atoms with Crippen LogP contribution in [-0.4, -0.2) is 23.2 Å². The smallest absolute Gasteiger partial charge is 0.134 e. The molecule has 0 aliphatic heterocycles. The Hall–Kier alpha value is -1.09. The van der Waals surface area contributed by atoms with Gasteiger partial charge in [-0.05, 0) is 38.8 Å². The van der Waals surface area contributed by atoms with Crippen molar-refractivity contribution in [2.24, 2.45) is 0 Å². The molecule has 96 valence electrons. The Morgan fingerprint density at radius 1 is 1.41 bits per heavy atom. The number of hydrogen-bond donors (Lipinski definition) is 1. The summed E-state index contributed by atoms with van der Waals surface area (Å²) in [7, 11) is 2.06. The summed E-state index contributed by atoms with van der Waals surface area (Å²) >= 11 is 0. The number of anilines is 1. The molecule has 0 aliphatic rings. The summed E-state index contributed by atoms with van der Waals surface area (Å²) in [6, 6.07) is 2.46. The van der Waals surface area contributed by atoms with Gasteiger partial charge in [0.25, 0.3) is 0 Å². The Kier molecular flexibility index (Phi) is 4.94. The molecule has 0 bridgehead atoms. The summed E-state index contributed by atoms with van der Waals surface area (Å²) in [5, 5.41) is 9.48. The van der Waals surface area contributed by atoms with E-state index >= 15 is 0 Å². The zero-order chi connectivity index (χ0) is 13.0. The predicted octanol–water partition coefficient (Wildman–Crippen LogP) is 2.82. The molecule has 0 amide bonds. The van der Waals surface area contributed by atoms with Crippen LogP contribution in [0.2, 0.25) is 0 Å². The van der Waals surface area contributed by atoms with Gasteiger partial charge in [0, 0.05) is 24.3 Å². The third kappa shape index (κ3) is 3.19. The highest BCUT2D eigenvalue weighted by Gasteiger charge is 2.16. The Morgan fingerprint density at radius 2 is 2.06 bits per heavy atom. The zero-order valence-corrected chi connectivity index (χ0v) is 11.6. The summed E-state index contributed by atoms with van der Waals surface area (Å²) < 4.78 is 0. The van der Waals surface area contributed by atoms with Crippen molar-refractivity contribution >= 4 is 5.82 Å². The second kappa shape index (κ2) is 6.01. The fourth-order valence-corrected chi connectivity index (χ4v) is 2.15. The molecule has 1 aromatic heterocycles. The van der Waals surface area contributed by atoms with Crippen LogP contribution in [-0.2, 0) is 6.61 Å². The van der Waals surface area contributed by atoms with Gasteiger partial charge in [-0.25, -0.2) is 4.98 Å². The summed E-state index contributed by atoms with van der Waals surface area (Å²) in [6.45, 7) is 8.46. The van der Waals surface area contributed by atoms with Crippen LogP contribution >= 0.6 is 0 Å². The summed E-state index contributed by atoms with van der Waals surface area (Å²) in [6.07, 6.45) is 2.29. The highest BCUT2D eigenvalue weighted by molar-refractivity contribution is 5.51. The first kappa shape index (κ1) is 14.0. The van der Waals surface area contributed by atoms with E-state index < -0.39 is 0 Å². The number of rotatable bonds is 5. The minimum atomic E-state index is 0.0532. The maximum atomic E-state index is 9.48. The molecule has 0 fully saturated rings. The molecule has 1 unspecified atom stereocenters. The molecule has 3 nitrogen and oxygen atoms in total. The number of nitrogens with zero attached hydrogens (tertiary/aromatic N) is 2. The van der Waals surface area contributed by atoms with Crippen LogP contribution in [0.5, 0.6) is 0 Å². The molecular weight excluding hydrogens is 212 g/mol. The number of aromatic nitrogens is 1. The summed E-state index contributed by atoms with van der Waals surface area (Å²) in [4.78, 5) is 6.75. The van der Waals surface area contributed by atoms with E-state index in [0.29, 0.717) is 6.04 Å². The van der Waals surface area contributed by atoms with E-state index in [1.165, 1.54) is 0 Å². The van der Waals surface area contributed by atoms with Crippen LogP contribution in [0, 0.1) is 13.8 Å². The van der Waals surface area contributed by atoms with Gasteiger partial charge >= 0.3 is 0 Å². The van der Waals surface area contributed by atoms with Crippen molar-refractivity contribution in [3.05, 3.63) is 22.9 Å². The molecule has 17 heavy (non-hydrogen) atoms. The molecule has 0 radical (unpaired) electrons. The second-order valence-corrected chi connectivity index (χ2v) is 4.79. The van der Waals surface area contributed by atoms with Crippen molar-refractivity contribution in [2.75, 3.05) is 11.9 Å². The van der Waals surface area contributed by atoms with Gasteiger partial charge in [-0.15, -0.1) is 0 Å². The third-order valence-corrected chi connectivity index (χ3v) is 3.31. The largest absolute Gasteiger partial charge is 0.392 e. The molecule has 1 aromatic rings. The van der Waals surface area contributed by atoms with Crippen molar-refractivity contribution in [1.82, 2.24) is 4.98 Å². The lowest BCUT2D eigenvalue weighted by Crippen LogP contribution is -2.30. The van der Waals surface area contributed by atoms with Crippen LogP contribution in [0.3, 0.4) is 0 Å². The molecule has 0 aromatic carbocycles. The van der Waals surface area contributed by atoms with Crippen LogP contribution < -0.4 is 4.90 Å². The van der Waals surface area contributed by atoms with Crippen LogP contribution in [0.25, 0.3) is 0 Å². The van der Waals surface area contributed by atoms with Gasteiger partial charge < -0.3 is 10.0 Å². The second-order valence-electron chi connectivity index (χ2n) is 4.79. The topological polar surface area (TPSA) is 36.4 Å². The lowest BCUT2D eigenvalue weighted by molar-refractivity contribution is 0.280. The van der Waals surface area contributed by atoms with Gasteiger partial charge in [0.15, 0.2) is 0 Å². The first-order chi connectivity index (χ1) is 8.01. The van der Waals surface area contributed by atoms with E-state index in [1.807, 2.05) is 19.9 Å². The predicted molar refractivity (Wildman–Crippen MR) is 72.4 cm³/mol. The van der Waals surface area contributed by atoms with Gasteiger partial charge in [0.2, 0.25) is 0 Å². The molecular formula is C14H24N2O. The quantitative estimate of drug-likeness (QED) is 0.854. The molecule has 1 atom stereocenters. The van der Waals surface area contributed by atoms with Crippen molar-refractivity contribution in [2.45, 2.75) is 53.2 Å². The first-order valence-electron chi connectivity index (χ1n) is 6.32. The molecule has 1 heterocycles. The van der Waals surface area contributed by atoms with Gasteiger partial charge in [-0.3, -0.25) is 0 Å². The van der Waals surface area contributed by atoms with Crippen molar-refractivity contribution < 1.29 is 5.11 Å². The van der Waals surface area contributed by atoms with E-state index in [1.54, 1.807) is 0 Å². The van der Waals surface area contributed by atoms with E-state index in [9.17, 15) is 5.11 Å². The minimum Gasteiger partial charge on any atom is -0.392 e. The highest BCUT2D eigenvalue weighted by atomic mass is 16.3. The van der Waals surface area contributed by atoms with Gasteiger partial charge in [-0.2, -0.15) is 0 Å². The van der Waals surface area contributed by atoms with E-state index in [4.69, 9.17) is 0 Å². The van der Waals surface area contributed by atoms with Crippen molar-refractivity contribution in [3.8, 4) is 0 Å². The van der Waals surface area contributed by atoms with Crippen molar-refractivity contribution in [1.29, 1.82) is 0 Å². The monoisotopic (exact) mass is 236 g/mol. The number of hydrogen-bond acceptors (Lipinski definition) is 3. The van der Waals surface area contributed by atoms with E-state index in [2.05, 4.69) is 30.8 Å². The lowest BCUT2D eigenvalue weighted by atomic mass is 10.1. The molecule has 0 saturated heterocycles. The maximum absolute atomic E-state index is 9.48. The maximum Gasteiger partial charge on any atom is 0.134 e. The normalized spacial score (nSPS) is 12.6. The minimum absolute atomic E-state index is 0.0532. The zero-order valence-electron chi connectivity index (χ0n) is 11.6. The number of aliphatic hydroxyl groups excluding tert-OH is 1. The standard InChI is InChI=1S/C14H24N2O/c1-6-7-12(4)16(5)14-13(9-17)10(2)8-11(3)15-14/h8,12,17H,6-7,9H2,1-5H3. The molecule has 1 N–H and O–H groups in total. The van der Waals surface area contributed by atoms with Crippen LogP contribution in [0.1, 0.15) is 43.5 Å². The van der Waals surface area contributed by atoms with Crippen LogP contribution in [0.15, 0.2) is 6.07 Å². The van der Waals surface area contributed by atoms with E-state index in [0.717, 1.165) is 35.5 Å². The third-order valence-electron chi connectivity index (χ3n) is 3.31. The van der Waals surface area contributed by atoms with Gasteiger partial charge in [0.1, 0.15) is 5.82 Å². The fourth-order valence-electron chi connectivity index (χ4n) is 2.15. The van der Waals surface area contributed by atoms with E-state index in [-0.39, 0.29) is 6.61 Å². The van der Waals surface area contributed by atoms with Gasteiger partial charge in [-0.1, -0.05) is 13.3 Å². The highest BCUT2D eigenvalue weighted by Crippen LogP contribution is 2.24. The van der Waals surface area contributed by atoms with Crippen LogP contribution in [0.4, 0.5) is 5.82 Å². The number of pyridine rings is 1. The summed E-state index contributed by atoms with van der Waals surface area (Å²) in [5.41, 5.74) is 3.07. The Morgan fingerprint density at radius 3 is 2.59 bits per heavy atom. The van der Waals surface area contributed by atoms with Crippen molar-refractivity contribution in [3.63, 3.8) is 0 Å². The molecule has 0 aliphatic carbocycles. The summed E-state index contributed by atoms with van der Waals surface area (Å²) in [5.74, 6) is 0.922. The Balaban J connectivity index is 3.11. The Bertz CT molecular complexity index is 377. The Labute approximate surface area is 104 Å². The lowest BCUT2D eigenvalue weighted by Gasteiger charge is -2.28. The molecule has 3 heteroatoms. The number of aliphatic hydroxyl groups is 1. The fraction of sp³-hybridized carbons (Fsp3) is 0.643. The number of aryl methyl sites for hydroxylation is 2. The molecule has 0 saturated carbocycles. The van der Waals surface area contributed by atoms with Gasteiger partial charge in [0.05, 0.1) is 6.61 Å². The average Bonchev–Trinajstić information content (AvgIpc) is 2.27. The first-order valence-corrected chi connectivity index (χ1v) is 6.32. The molecule has 1 rings (SSSR count).